The van der Waals surface area contributed by atoms with Gasteiger partial charge in [-0.3, -0.25) is 9.59 Å². The zero-order chi connectivity index (χ0) is 16.6. The third-order valence-corrected chi connectivity index (χ3v) is 3.27. The highest BCUT2D eigenvalue weighted by Crippen LogP contribution is 2.31. The van der Waals surface area contributed by atoms with E-state index >= 15 is 0 Å². The van der Waals surface area contributed by atoms with Gasteiger partial charge in [0, 0.05) is 18.2 Å². The van der Waals surface area contributed by atoms with E-state index < -0.39 is 17.0 Å². The van der Waals surface area contributed by atoms with Gasteiger partial charge in [-0.1, -0.05) is 12.1 Å². The molecule has 0 bridgehead atoms. The Morgan fingerprint density at radius 3 is 2.70 bits per heavy atom. The van der Waals surface area contributed by atoms with Crippen molar-refractivity contribution in [2.75, 3.05) is 5.32 Å². The first-order valence-electron chi connectivity index (χ1n) is 6.79. The zero-order valence-electron chi connectivity index (χ0n) is 12.1. The number of carbonyl (C=O) groups is 1. The fraction of sp³-hybridized carbons (Fsp3) is 0.0588. The highest BCUT2D eigenvalue weighted by Gasteiger charge is 2.16. The number of benzene rings is 2. The van der Waals surface area contributed by atoms with Crippen LogP contribution in [0.1, 0.15) is 6.92 Å². The number of rotatable bonds is 2. The maximum Gasteiger partial charge on any atom is 0.235 e. The first kappa shape index (κ1) is 14.8. The Hall–Kier alpha value is -3.15. The molecule has 5 nitrogen and oxygen atoms in total. The summed E-state index contributed by atoms with van der Waals surface area (Å²) in [5.41, 5.74) is 0.238. The Morgan fingerprint density at radius 1 is 1.22 bits per heavy atom. The highest BCUT2D eigenvalue weighted by molar-refractivity contribution is 5.92. The van der Waals surface area contributed by atoms with Crippen LogP contribution >= 0.6 is 0 Å². The fourth-order valence-electron chi connectivity index (χ4n) is 2.29. The van der Waals surface area contributed by atoms with Crippen molar-refractivity contribution >= 4 is 22.6 Å². The second kappa shape index (κ2) is 5.57. The molecule has 2 N–H and O–H groups in total. The van der Waals surface area contributed by atoms with E-state index in [9.17, 15) is 19.1 Å². The molecule has 0 fully saturated rings. The average molecular weight is 313 g/mol. The van der Waals surface area contributed by atoms with Crippen molar-refractivity contribution in [3.8, 4) is 17.1 Å². The maximum absolute atomic E-state index is 13.3. The quantitative estimate of drug-likeness (QED) is 0.761. The smallest absolute Gasteiger partial charge is 0.235 e. The van der Waals surface area contributed by atoms with E-state index in [1.54, 1.807) is 6.07 Å². The van der Waals surface area contributed by atoms with E-state index in [1.165, 1.54) is 37.3 Å². The number of halogens is 1. The van der Waals surface area contributed by atoms with Gasteiger partial charge in [-0.15, -0.1) is 0 Å². The Morgan fingerprint density at radius 2 is 2.00 bits per heavy atom. The SMILES string of the molecule is CC(=O)Nc1ccc2oc(-c3cccc(F)c3)c(O)c(=O)c2c1. The molecule has 116 valence electrons. The van der Waals surface area contributed by atoms with Crippen molar-refractivity contribution in [1.29, 1.82) is 0 Å². The maximum atomic E-state index is 13.3. The van der Waals surface area contributed by atoms with Crippen molar-refractivity contribution in [2.24, 2.45) is 0 Å². The van der Waals surface area contributed by atoms with Crippen LogP contribution in [0.5, 0.6) is 5.75 Å². The molecule has 3 aromatic rings. The van der Waals surface area contributed by atoms with Crippen LogP contribution in [0.2, 0.25) is 0 Å². The summed E-state index contributed by atoms with van der Waals surface area (Å²) in [6.45, 7) is 1.34. The lowest BCUT2D eigenvalue weighted by Crippen LogP contribution is -2.07. The summed E-state index contributed by atoms with van der Waals surface area (Å²) >= 11 is 0. The summed E-state index contributed by atoms with van der Waals surface area (Å²) in [6, 6.07) is 9.88. The van der Waals surface area contributed by atoms with Crippen LogP contribution < -0.4 is 10.7 Å². The van der Waals surface area contributed by atoms with E-state index in [1.807, 2.05) is 0 Å². The first-order chi connectivity index (χ1) is 11.0. The summed E-state index contributed by atoms with van der Waals surface area (Å²) in [5.74, 6) is -1.50. The second-order valence-corrected chi connectivity index (χ2v) is 5.01. The molecule has 0 radical (unpaired) electrons. The zero-order valence-corrected chi connectivity index (χ0v) is 12.1. The van der Waals surface area contributed by atoms with Crippen molar-refractivity contribution in [1.82, 2.24) is 0 Å². The van der Waals surface area contributed by atoms with Crippen LogP contribution in [0.4, 0.5) is 10.1 Å². The van der Waals surface area contributed by atoms with Crippen LogP contribution in [-0.4, -0.2) is 11.0 Å². The number of hydrogen-bond donors (Lipinski definition) is 2. The number of aromatic hydroxyl groups is 1. The van der Waals surface area contributed by atoms with E-state index in [4.69, 9.17) is 4.42 Å². The molecule has 0 spiro atoms. The van der Waals surface area contributed by atoms with Crippen molar-refractivity contribution in [3.63, 3.8) is 0 Å². The molecule has 0 aliphatic carbocycles. The molecular weight excluding hydrogens is 301 g/mol. The molecule has 6 heteroatoms. The Balaban J connectivity index is 2.22. The lowest BCUT2D eigenvalue weighted by molar-refractivity contribution is -0.114. The summed E-state index contributed by atoms with van der Waals surface area (Å²) in [6.07, 6.45) is 0. The molecule has 1 amide bonds. The molecule has 0 aliphatic rings. The first-order valence-corrected chi connectivity index (χ1v) is 6.79. The summed E-state index contributed by atoms with van der Waals surface area (Å²) in [5, 5.41) is 12.8. The summed E-state index contributed by atoms with van der Waals surface area (Å²) in [4.78, 5) is 23.4. The number of hydrogen-bond acceptors (Lipinski definition) is 4. The third-order valence-electron chi connectivity index (χ3n) is 3.27. The minimum absolute atomic E-state index is 0.103. The predicted molar refractivity (Wildman–Crippen MR) is 83.8 cm³/mol. The van der Waals surface area contributed by atoms with Crippen LogP contribution in [0.15, 0.2) is 51.7 Å². The second-order valence-electron chi connectivity index (χ2n) is 5.01. The monoisotopic (exact) mass is 313 g/mol. The Kier molecular flexibility index (Phi) is 3.57. The number of amides is 1. The van der Waals surface area contributed by atoms with Crippen LogP contribution in [-0.2, 0) is 4.79 Å². The van der Waals surface area contributed by atoms with Crippen molar-refractivity contribution < 1.29 is 18.7 Å². The van der Waals surface area contributed by atoms with Crippen molar-refractivity contribution in [3.05, 3.63) is 58.5 Å². The van der Waals surface area contributed by atoms with Gasteiger partial charge < -0.3 is 14.8 Å². The summed E-state index contributed by atoms with van der Waals surface area (Å²) < 4.78 is 18.9. The fourth-order valence-corrected chi connectivity index (χ4v) is 2.29. The molecule has 2 aromatic carbocycles. The number of fused-ring (bicyclic) bond motifs is 1. The topological polar surface area (TPSA) is 79.5 Å². The van der Waals surface area contributed by atoms with Crippen LogP contribution in [0, 0.1) is 5.82 Å². The molecule has 0 aliphatic heterocycles. The number of anilines is 1. The normalized spacial score (nSPS) is 10.7. The van der Waals surface area contributed by atoms with Gasteiger partial charge in [-0.25, -0.2) is 4.39 Å². The molecule has 0 unspecified atom stereocenters. The number of nitrogens with one attached hydrogen (secondary N) is 1. The van der Waals surface area contributed by atoms with Crippen molar-refractivity contribution in [2.45, 2.75) is 6.92 Å². The third kappa shape index (κ3) is 2.78. The van der Waals surface area contributed by atoms with Gasteiger partial charge in [0.05, 0.1) is 5.39 Å². The highest BCUT2D eigenvalue weighted by atomic mass is 19.1. The molecule has 0 saturated heterocycles. The minimum atomic E-state index is -0.655. The van der Waals surface area contributed by atoms with Crippen LogP contribution in [0.25, 0.3) is 22.3 Å². The van der Waals surface area contributed by atoms with Gasteiger partial charge in [0.15, 0.2) is 5.76 Å². The Bertz CT molecular complexity index is 978. The minimum Gasteiger partial charge on any atom is -0.502 e. The predicted octanol–water partition coefficient (Wildman–Crippen LogP) is 3.26. The average Bonchev–Trinajstić information content (AvgIpc) is 2.50. The Labute approximate surface area is 130 Å². The molecule has 1 aromatic heterocycles. The standard InChI is InChI=1S/C17H12FNO4/c1-9(20)19-12-5-6-14-13(8-12)15(21)16(22)17(23-14)10-3-2-4-11(18)7-10/h2-8,22H,1H3,(H,19,20). The van der Waals surface area contributed by atoms with Gasteiger partial charge in [0.25, 0.3) is 0 Å². The molecule has 0 atom stereocenters. The van der Waals surface area contributed by atoms with Gasteiger partial charge in [0.2, 0.25) is 17.1 Å². The summed E-state index contributed by atoms with van der Waals surface area (Å²) in [7, 11) is 0. The molecule has 1 heterocycles. The van der Waals surface area contributed by atoms with E-state index in [2.05, 4.69) is 5.32 Å². The van der Waals surface area contributed by atoms with Crippen LogP contribution in [0.3, 0.4) is 0 Å². The largest absolute Gasteiger partial charge is 0.502 e. The van der Waals surface area contributed by atoms with E-state index in [0.717, 1.165) is 6.07 Å². The van der Waals surface area contributed by atoms with Gasteiger partial charge in [-0.2, -0.15) is 0 Å². The number of carbonyl (C=O) groups excluding carboxylic acids is 1. The van der Waals surface area contributed by atoms with Gasteiger partial charge >= 0.3 is 0 Å². The molecular formula is C17H12FNO4. The lowest BCUT2D eigenvalue weighted by atomic mass is 10.1. The van der Waals surface area contributed by atoms with Gasteiger partial charge in [0.1, 0.15) is 11.4 Å². The van der Waals surface area contributed by atoms with Gasteiger partial charge in [-0.05, 0) is 30.3 Å². The lowest BCUT2D eigenvalue weighted by Gasteiger charge is -2.08. The van der Waals surface area contributed by atoms with E-state index in [-0.39, 0.29) is 28.2 Å². The molecule has 23 heavy (non-hydrogen) atoms. The van der Waals surface area contributed by atoms with E-state index in [0.29, 0.717) is 5.69 Å². The molecule has 0 saturated carbocycles. The molecule has 3 rings (SSSR count).